The maximum atomic E-state index is 8.93. The van der Waals surface area contributed by atoms with Gasteiger partial charge in [0.2, 0.25) is 0 Å². The van der Waals surface area contributed by atoms with Gasteiger partial charge in [-0.2, -0.15) is 15.8 Å². The molecule has 53 heavy (non-hydrogen) atoms. The second kappa shape index (κ2) is 21.9. The molecule has 0 radical (unpaired) electrons. The molecule has 0 unspecified atom stereocenters. The predicted octanol–water partition coefficient (Wildman–Crippen LogP) is 7.93. The van der Waals surface area contributed by atoms with Gasteiger partial charge >= 0.3 is 0 Å². The van der Waals surface area contributed by atoms with E-state index >= 15 is 0 Å². The maximum absolute atomic E-state index is 8.93. The van der Waals surface area contributed by atoms with Gasteiger partial charge in [0, 0.05) is 37.1 Å². The molecule has 4 aromatic carbocycles. The molecule has 0 atom stereocenters. The molecule has 0 aliphatic carbocycles. The third-order valence-electron chi connectivity index (χ3n) is 7.46. The molecule has 10 heteroatoms. The molecular formula is C43H42N6O4. The van der Waals surface area contributed by atoms with E-state index in [4.69, 9.17) is 34.7 Å². The third-order valence-corrected chi connectivity index (χ3v) is 7.46. The number of para-hydroxylation sites is 2. The van der Waals surface area contributed by atoms with Crippen molar-refractivity contribution in [3.8, 4) is 52.5 Å². The fourth-order valence-corrected chi connectivity index (χ4v) is 4.73. The van der Waals surface area contributed by atoms with Gasteiger partial charge in [-0.1, -0.05) is 48.5 Å². The van der Waals surface area contributed by atoms with Crippen LogP contribution in [0.25, 0.3) is 17.0 Å². The zero-order valence-electron chi connectivity index (χ0n) is 30.5. The highest BCUT2D eigenvalue weighted by molar-refractivity contribution is 5.71. The Labute approximate surface area is 311 Å². The zero-order valence-corrected chi connectivity index (χ0v) is 30.5. The summed E-state index contributed by atoms with van der Waals surface area (Å²) in [5.74, 6) is 3.10. The van der Waals surface area contributed by atoms with E-state index in [9.17, 15) is 0 Å². The van der Waals surface area contributed by atoms with E-state index in [2.05, 4.69) is 16.8 Å². The minimum atomic E-state index is 0.0472. The van der Waals surface area contributed by atoms with Gasteiger partial charge in [-0.25, -0.2) is 0 Å². The van der Waals surface area contributed by atoms with E-state index in [-0.39, 0.29) is 5.57 Å². The number of benzene rings is 4. The summed E-state index contributed by atoms with van der Waals surface area (Å²) in [6, 6.07) is 40.3. The molecule has 10 nitrogen and oxygen atoms in total. The Hall–Kier alpha value is -7.06. The minimum absolute atomic E-state index is 0.0472. The SMILES string of the molecule is CN.COc1ccc(COc2ccccc2-c2ccc(C#N)cn2)cc1.COc1ccc(COc2ccccc2/C(=C/C=C(C#N)C#N)N(C)C)cc1. The molecule has 2 N–H and O–H groups in total. The fraction of sp³-hybridized carbons (Fsp3) is 0.163. The number of hydrogen-bond acceptors (Lipinski definition) is 10. The first-order chi connectivity index (χ1) is 25.9. The topological polar surface area (TPSA) is 150 Å². The van der Waals surface area contributed by atoms with E-state index in [1.54, 1.807) is 32.6 Å². The monoisotopic (exact) mass is 706 g/mol. The van der Waals surface area contributed by atoms with E-state index in [1.807, 2.05) is 134 Å². The second-order valence-electron chi connectivity index (χ2n) is 11.1. The molecule has 0 bridgehead atoms. The molecule has 5 rings (SSSR count). The summed E-state index contributed by atoms with van der Waals surface area (Å²) >= 11 is 0. The highest BCUT2D eigenvalue weighted by Crippen LogP contribution is 2.30. The normalized spacial score (nSPS) is 9.91. The van der Waals surface area contributed by atoms with Crippen LogP contribution in [0.5, 0.6) is 23.0 Å². The van der Waals surface area contributed by atoms with Gasteiger partial charge in [-0.3, -0.25) is 4.98 Å². The first-order valence-corrected chi connectivity index (χ1v) is 16.4. The van der Waals surface area contributed by atoms with Gasteiger partial charge < -0.3 is 29.6 Å². The average molecular weight is 707 g/mol. The van der Waals surface area contributed by atoms with Gasteiger partial charge in [0.05, 0.1) is 25.5 Å². The van der Waals surface area contributed by atoms with Crippen LogP contribution in [0, 0.1) is 34.0 Å². The Morgan fingerprint density at radius 1 is 0.679 bits per heavy atom. The molecule has 1 aromatic heterocycles. The lowest BCUT2D eigenvalue weighted by atomic mass is 10.1. The highest BCUT2D eigenvalue weighted by atomic mass is 16.5. The second-order valence-corrected chi connectivity index (χ2v) is 11.1. The number of pyridine rings is 1. The van der Waals surface area contributed by atoms with Crippen LogP contribution in [0.3, 0.4) is 0 Å². The third kappa shape index (κ3) is 12.3. The van der Waals surface area contributed by atoms with E-state index < -0.39 is 0 Å². The molecule has 268 valence electrons. The van der Waals surface area contributed by atoms with Gasteiger partial charge in [0.1, 0.15) is 60.0 Å². The molecule has 0 aliphatic heterocycles. The van der Waals surface area contributed by atoms with Crippen molar-refractivity contribution < 1.29 is 18.9 Å². The zero-order chi connectivity index (χ0) is 38.4. The molecular weight excluding hydrogens is 665 g/mol. The van der Waals surface area contributed by atoms with Crippen LogP contribution in [0.1, 0.15) is 22.3 Å². The summed E-state index contributed by atoms with van der Waals surface area (Å²) < 4.78 is 22.3. The Balaban J connectivity index is 0.000000274. The molecule has 0 spiro atoms. The van der Waals surface area contributed by atoms with Crippen molar-refractivity contribution in [1.82, 2.24) is 9.88 Å². The highest BCUT2D eigenvalue weighted by Gasteiger charge is 2.11. The number of nitriles is 3. The number of allylic oxidation sites excluding steroid dienone is 3. The van der Waals surface area contributed by atoms with Gasteiger partial charge in [-0.05, 0) is 91.0 Å². The lowest BCUT2D eigenvalue weighted by molar-refractivity contribution is 0.304. The number of hydrogen-bond donors (Lipinski definition) is 1. The number of ether oxygens (including phenoxy) is 4. The minimum Gasteiger partial charge on any atom is -0.497 e. The molecule has 0 amide bonds. The number of nitrogens with two attached hydrogens (primary N) is 1. The van der Waals surface area contributed by atoms with Crippen molar-refractivity contribution in [2.24, 2.45) is 5.73 Å². The Bertz CT molecular complexity index is 2050. The largest absolute Gasteiger partial charge is 0.497 e. The van der Waals surface area contributed by atoms with Crippen LogP contribution in [0.4, 0.5) is 0 Å². The van der Waals surface area contributed by atoms with Crippen LogP contribution in [0.2, 0.25) is 0 Å². The van der Waals surface area contributed by atoms with Crippen molar-refractivity contribution in [2.45, 2.75) is 13.2 Å². The quantitative estimate of drug-likeness (QED) is 0.100. The summed E-state index contributed by atoms with van der Waals surface area (Å²) in [6.45, 7) is 0.872. The summed E-state index contributed by atoms with van der Waals surface area (Å²) in [6.07, 6.45) is 4.82. The first kappa shape index (κ1) is 40.4. The summed E-state index contributed by atoms with van der Waals surface area (Å²) in [4.78, 5) is 6.25. The van der Waals surface area contributed by atoms with E-state index in [0.29, 0.717) is 18.8 Å². The van der Waals surface area contributed by atoms with Crippen LogP contribution < -0.4 is 24.7 Å². The smallest absolute Gasteiger partial charge is 0.129 e. The fourth-order valence-electron chi connectivity index (χ4n) is 4.73. The van der Waals surface area contributed by atoms with Crippen LogP contribution in [-0.2, 0) is 13.2 Å². The molecule has 0 aliphatic rings. The maximum Gasteiger partial charge on any atom is 0.129 e. The number of rotatable bonds is 12. The molecule has 0 saturated heterocycles. The van der Waals surface area contributed by atoms with Crippen LogP contribution in [0.15, 0.2) is 133 Å². The lowest BCUT2D eigenvalue weighted by Crippen LogP contribution is -2.11. The first-order valence-electron chi connectivity index (χ1n) is 16.4. The molecule has 0 saturated carbocycles. The number of methoxy groups -OCH3 is 2. The van der Waals surface area contributed by atoms with E-state index in [1.165, 1.54) is 13.1 Å². The van der Waals surface area contributed by atoms with E-state index in [0.717, 1.165) is 56.6 Å². The van der Waals surface area contributed by atoms with Gasteiger partial charge in [0.15, 0.2) is 0 Å². The van der Waals surface area contributed by atoms with Crippen molar-refractivity contribution in [2.75, 3.05) is 35.4 Å². The average Bonchev–Trinajstić information content (AvgIpc) is 3.22. The predicted molar refractivity (Wildman–Crippen MR) is 207 cm³/mol. The molecule has 5 aromatic rings. The van der Waals surface area contributed by atoms with Crippen LogP contribution >= 0.6 is 0 Å². The molecule has 1 heterocycles. The Morgan fingerprint density at radius 3 is 1.70 bits per heavy atom. The van der Waals surface area contributed by atoms with Gasteiger partial charge in [-0.15, -0.1) is 0 Å². The van der Waals surface area contributed by atoms with Crippen molar-refractivity contribution in [1.29, 1.82) is 15.8 Å². The standard InChI is InChI=1S/C22H21N3O2.C20H16N2O2.CH5N/c1-25(2)21(13-10-18(14-23)15-24)20-6-4-5-7-22(20)27-16-17-8-11-19(26-3)12-9-17;1-23-17-9-6-15(7-10-17)14-24-20-5-3-2-4-18(20)19-11-8-16(12-21)13-22-19;1-2/h4-13H,16H2,1-3H3;2-11,13H,14H2,1H3;2H2,1H3/b21-13-;;. The Kier molecular flexibility index (Phi) is 16.7. The summed E-state index contributed by atoms with van der Waals surface area (Å²) in [7, 11) is 8.58. The van der Waals surface area contributed by atoms with Crippen LogP contribution in [-0.4, -0.2) is 45.2 Å². The summed E-state index contributed by atoms with van der Waals surface area (Å²) in [5, 5.41) is 26.7. The lowest BCUT2D eigenvalue weighted by Gasteiger charge is -2.20. The summed E-state index contributed by atoms with van der Waals surface area (Å²) in [5.41, 5.74) is 10.6. The van der Waals surface area contributed by atoms with Crippen molar-refractivity contribution in [3.63, 3.8) is 0 Å². The molecule has 0 fully saturated rings. The number of aromatic nitrogens is 1. The van der Waals surface area contributed by atoms with Gasteiger partial charge in [0.25, 0.3) is 0 Å². The Morgan fingerprint density at radius 2 is 1.21 bits per heavy atom. The van der Waals surface area contributed by atoms with Crippen molar-refractivity contribution >= 4 is 5.70 Å². The number of nitrogens with zero attached hydrogens (tertiary/aromatic N) is 5. The van der Waals surface area contributed by atoms with Crippen molar-refractivity contribution in [3.05, 3.63) is 155 Å².